The molecular weight excluding hydrogens is 359 g/mol. The second-order valence-electron chi connectivity index (χ2n) is 5.83. The summed E-state index contributed by atoms with van der Waals surface area (Å²) in [4.78, 5) is 12.6. The van der Waals surface area contributed by atoms with Crippen LogP contribution < -0.4 is 15.4 Å². The van der Waals surface area contributed by atoms with E-state index in [2.05, 4.69) is 10.6 Å². The van der Waals surface area contributed by atoms with Crippen molar-refractivity contribution in [3.63, 3.8) is 0 Å². The minimum Gasteiger partial charge on any atom is -0.497 e. The number of methoxy groups -OCH3 is 1. The Hall–Kier alpha value is -2.15. The summed E-state index contributed by atoms with van der Waals surface area (Å²) in [6.45, 7) is 1.72. The summed E-state index contributed by atoms with van der Waals surface area (Å²) in [6.07, 6.45) is -0.532. The maximum Gasteiger partial charge on any atom is 0.251 e. The Kier molecular flexibility index (Phi) is 7.38. The number of benzene rings is 2. The average molecular weight is 381 g/mol. The molecule has 1 aliphatic heterocycles. The van der Waals surface area contributed by atoms with Gasteiger partial charge in [0.15, 0.2) is 0 Å². The molecule has 26 heavy (non-hydrogen) atoms. The van der Waals surface area contributed by atoms with E-state index < -0.39 is 12.1 Å². The van der Waals surface area contributed by atoms with E-state index in [1.165, 1.54) is 12.1 Å². The zero-order valence-electron chi connectivity index (χ0n) is 14.4. The van der Waals surface area contributed by atoms with E-state index in [0.29, 0.717) is 13.2 Å². The van der Waals surface area contributed by atoms with Gasteiger partial charge in [-0.15, -0.1) is 12.4 Å². The monoisotopic (exact) mass is 380 g/mol. The molecule has 3 rings (SSSR count). The maximum atomic E-state index is 13.3. The number of halogens is 2. The first kappa shape index (κ1) is 20.2. The van der Waals surface area contributed by atoms with Crippen LogP contribution in [-0.2, 0) is 9.53 Å². The lowest BCUT2D eigenvalue weighted by Crippen LogP contribution is -2.48. The fourth-order valence-corrected chi connectivity index (χ4v) is 2.78. The number of morpholine rings is 1. The highest BCUT2D eigenvalue weighted by atomic mass is 35.5. The normalized spacial score (nSPS) is 17.7. The molecule has 2 N–H and O–H groups in total. The van der Waals surface area contributed by atoms with E-state index in [4.69, 9.17) is 9.47 Å². The number of amides is 1. The van der Waals surface area contributed by atoms with Crippen molar-refractivity contribution in [3.05, 3.63) is 65.5 Å². The van der Waals surface area contributed by atoms with Crippen molar-refractivity contribution in [1.82, 2.24) is 10.6 Å². The molecular formula is C19H22ClFN2O3. The molecule has 0 aromatic heterocycles. The standard InChI is InChI=1S/C19H21FN2O3.ClH/c1-24-16-8-4-14(5-9-16)18(13-2-6-15(20)7-3-13)22-19(23)17-12-21-10-11-25-17;/h2-9,17-18,21H,10-12H2,1H3,(H,22,23);1H. The third-order valence-corrected chi connectivity index (χ3v) is 4.16. The summed E-state index contributed by atoms with van der Waals surface area (Å²) in [5.41, 5.74) is 1.67. The van der Waals surface area contributed by atoms with Crippen LogP contribution >= 0.6 is 12.4 Å². The Labute approximate surface area is 158 Å². The molecule has 7 heteroatoms. The largest absolute Gasteiger partial charge is 0.497 e. The molecule has 0 radical (unpaired) electrons. The number of nitrogens with one attached hydrogen (secondary N) is 2. The molecule has 1 amide bonds. The van der Waals surface area contributed by atoms with Crippen molar-refractivity contribution < 1.29 is 18.7 Å². The van der Waals surface area contributed by atoms with Crippen LogP contribution in [0.1, 0.15) is 17.2 Å². The van der Waals surface area contributed by atoms with E-state index in [-0.39, 0.29) is 24.1 Å². The Bertz CT molecular complexity index is 704. The fourth-order valence-electron chi connectivity index (χ4n) is 2.78. The van der Waals surface area contributed by atoms with Gasteiger partial charge in [-0.3, -0.25) is 4.79 Å². The SMILES string of the molecule is COc1ccc(C(NC(=O)C2CNCCO2)c2ccc(F)cc2)cc1.Cl. The second kappa shape index (κ2) is 9.52. The quantitative estimate of drug-likeness (QED) is 0.836. The summed E-state index contributed by atoms with van der Waals surface area (Å²) in [6, 6.07) is 13.1. The molecule has 2 aromatic carbocycles. The Morgan fingerprint density at radius 2 is 1.81 bits per heavy atom. The van der Waals surface area contributed by atoms with Crippen LogP contribution in [0, 0.1) is 5.82 Å². The number of ether oxygens (including phenoxy) is 2. The minimum absolute atomic E-state index is 0. The number of hydrogen-bond acceptors (Lipinski definition) is 4. The van der Waals surface area contributed by atoms with Crippen LogP contribution in [0.2, 0.25) is 0 Å². The molecule has 0 spiro atoms. The van der Waals surface area contributed by atoms with Gasteiger partial charge in [0, 0.05) is 13.1 Å². The molecule has 1 heterocycles. The van der Waals surface area contributed by atoms with E-state index in [9.17, 15) is 9.18 Å². The lowest BCUT2D eigenvalue weighted by molar-refractivity contribution is -0.134. The van der Waals surface area contributed by atoms with Crippen molar-refractivity contribution in [1.29, 1.82) is 0 Å². The highest BCUT2D eigenvalue weighted by Crippen LogP contribution is 2.25. The number of hydrogen-bond donors (Lipinski definition) is 2. The van der Waals surface area contributed by atoms with Gasteiger partial charge in [0.2, 0.25) is 0 Å². The topological polar surface area (TPSA) is 59.6 Å². The molecule has 0 bridgehead atoms. The lowest BCUT2D eigenvalue weighted by Gasteiger charge is -2.26. The average Bonchev–Trinajstić information content (AvgIpc) is 2.67. The van der Waals surface area contributed by atoms with Crippen LogP contribution in [0.15, 0.2) is 48.5 Å². The highest BCUT2D eigenvalue weighted by molar-refractivity contribution is 5.85. The van der Waals surface area contributed by atoms with E-state index in [1.54, 1.807) is 19.2 Å². The Morgan fingerprint density at radius 1 is 1.19 bits per heavy atom. The summed E-state index contributed by atoms with van der Waals surface area (Å²) >= 11 is 0. The van der Waals surface area contributed by atoms with Crippen molar-refractivity contribution in [2.45, 2.75) is 12.1 Å². The molecule has 140 valence electrons. The van der Waals surface area contributed by atoms with Gasteiger partial charge in [-0.25, -0.2) is 4.39 Å². The fraction of sp³-hybridized carbons (Fsp3) is 0.316. The van der Waals surface area contributed by atoms with Gasteiger partial charge in [0.1, 0.15) is 17.7 Å². The van der Waals surface area contributed by atoms with Gasteiger partial charge in [-0.1, -0.05) is 24.3 Å². The predicted molar refractivity (Wildman–Crippen MR) is 99.2 cm³/mol. The Balaban J connectivity index is 0.00000243. The van der Waals surface area contributed by atoms with E-state index in [1.807, 2.05) is 24.3 Å². The minimum atomic E-state index is -0.532. The number of carbonyl (C=O) groups is 1. The highest BCUT2D eigenvalue weighted by Gasteiger charge is 2.25. The molecule has 2 atom stereocenters. The summed E-state index contributed by atoms with van der Waals surface area (Å²) in [7, 11) is 1.60. The van der Waals surface area contributed by atoms with Gasteiger partial charge in [0.05, 0.1) is 19.8 Å². The smallest absolute Gasteiger partial charge is 0.251 e. The van der Waals surface area contributed by atoms with Crippen molar-refractivity contribution >= 4 is 18.3 Å². The maximum absolute atomic E-state index is 13.3. The zero-order chi connectivity index (χ0) is 17.6. The van der Waals surface area contributed by atoms with Crippen LogP contribution in [-0.4, -0.2) is 38.8 Å². The molecule has 1 fully saturated rings. The molecule has 1 aliphatic rings. The first-order valence-corrected chi connectivity index (χ1v) is 8.19. The van der Waals surface area contributed by atoms with Crippen molar-refractivity contribution in [2.24, 2.45) is 0 Å². The zero-order valence-corrected chi connectivity index (χ0v) is 15.2. The van der Waals surface area contributed by atoms with Gasteiger partial charge in [-0.2, -0.15) is 0 Å². The molecule has 5 nitrogen and oxygen atoms in total. The van der Waals surface area contributed by atoms with Crippen LogP contribution in [0.25, 0.3) is 0 Å². The lowest BCUT2D eigenvalue weighted by atomic mass is 9.98. The Morgan fingerprint density at radius 3 is 2.35 bits per heavy atom. The third-order valence-electron chi connectivity index (χ3n) is 4.16. The van der Waals surface area contributed by atoms with Crippen molar-refractivity contribution in [2.75, 3.05) is 26.8 Å². The molecule has 1 saturated heterocycles. The first-order valence-electron chi connectivity index (χ1n) is 8.19. The van der Waals surface area contributed by atoms with Gasteiger partial charge in [-0.05, 0) is 35.4 Å². The van der Waals surface area contributed by atoms with Crippen LogP contribution in [0.5, 0.6) is 5.75 Å². The van der Waals surface area contributed by atoms with Crippen LogP contribution in [0.3, 0.4) is 0 Å². The third kappa shape index (κ3) is 4.94. The van der Waals surface area contributed by atoms with Gasteiger partial charge < -0.3 is 20.1 Å². The van der Waals surface area contributed by atoms with Crippen LogP contribution in [0.4, 0.5) is 4.39 Å². The molecule has 0 saturated carbocycles. The summed E-state index contributed by atoms with van der Waals surface area (Å²) < 4.78 is 24.0. The van der Waals surface area contributed by atoms with E-state index in [0.717, 1.165) is 23.4 Å². The summed E-state index contributed by atoms with van der Waals surface area (Å²) in [5, 5.41) is 6.15. The molecule has 2 unspecified atom stereocenters. The van der Waals surface area contributed by atoms with Crippen molar-refractivity contribution in [3.8, 4) is 5.75 Å². The second-order valence-corrected chi connectivity index (χ2v) is 5.83. The first-order chi connectivity index (χ1) is 12.2. The molecule has 0 aliphatic carbocycles. The van der Waals surface area contributed by atoms with Gasteiger partial charge in [0.25, 0.3) is 5.91 Å². The molecule has 2 aromatic rings. The summed E-state index contributed by atoms with van der Waals surface area (Å²) in [5.74, 6) is 0.216. The van der Waals surface area contributed by atoms with E-state index >= 15 is 0 Å². The predicted octanol–water partition coefficient (Wildman–Crippen LogP) is 2.45. The number of rotatable bonds is 5. The van der Waals surface area contributed by atoms with Gasteiger partial charge >= 0.3 is 0 Å². The number of carbonyl (C=O) groups excluding carboxylic acids is 1.